The Hall–Kier alpha value is -4.95. The minimum atomic E-state index is -4.62. The summed E-state index contributed by atoms with van der Waals surface area (Å²) in [7, 11) is 0. The summed E-state index contributed by atoms with van der Waals surface area (Å²) in [4.78, 5) is 32.7. The van der Waals surface area contributed by atoms with E-state index < -0.39 is 29.7 Å². The smallest absolute Gasteiger partial charge is 0.416 e. The second kappa shape index (κ2) is 9.74. The van der Waals surface area contributed by atoms with Crippen LogP contribution >= 0.6 is 0 Å². The van der Waals surface area contributed by atoms with Gasteiger partial charge in [-0.05, 0) is 42.3 Å². The zero-order valence-electron chi connectivity index (χ0n) is 19.9. The van der Waals surface area contributed by atoms with Crippen molar-refractivity contribution in [2.24, 2.45) is 0 Å². The first-order valence-electron chi connectivity index (χ1n) is 11.5. The zero-order valence-corrected chi connectivity index (χ0v) is 19.9. The minimum absolute atomic E-state index is 0.134. The summed E-state index contributed by atoms with van der Waals surface area (Å²) < 4.78 is 55.3. The fourth-order valence-electron chi connectivity index (χ4n) is 4.51. The van der Waals surface area contributed by atoms with Gasteiger partial charge < -0.3 is 21.1 Å². The lowest BCUT2D eigenvalue weighted by atomic mass is 10.0. The first-order chi connectivity index (χ1) is 18.5. The molecule has 1 aromatic carbocycles. The molecule has 15 heteroatoms. The molecule has 39 heavy (non-hydrogen) atoms. The molecule has 0 aliphatic carbocycles. The number of nitrogens with two attached hydrogens (primary N) is 1. The molecule has 1 unspecified atom stereocenters. The molecule has 1 atom stereocenters. The number of hydrogen-bond donors (Lipinski definition) is 4. The normalized spacial score (nSPS) is 15.5. The number of nitrogens with one attached hydrogen (secondary N) is 2. The van der Waals surface area contributed by atoms with Crippen LogP contribution in [0, 0.1) is 5.82 Å². The Bertz CT molecular complexity index is 1590. The first-order valence-corrected chi connectivity index (χ1v) is 11.5. The third kappa shape index (κ3) is 5.10. The van der Waals surface area contributed by atoms with E-state index in [2.05, 4.69) is 25.7 Å². The molecule has 5 N–H and O–H groups in total. The molecule has 0 radical (unpaired) electrons. The molecule has 5 rings (SSSR count). The van der Waals surface area contributed by atoms with Crippen molar-refractivity contribution in [1.29, 1.82) is 0 Å². The second-order valence-corrected chi connectivity index (χ2v) is 8.80. The quantitative estimate of drug-likeness (QED) is 0.273. The summed E-state index contributed by atoms with van der Waals surface area (Å²) in [6.45, 7) is 0.619. The number of nitrogen functional groups attached to an aromatic ring is 1. The maximum atomic E-state index is 15.1. The van der Waals surface area contributed by atoms with Crippen molar-refractivity contribution in [2.75, 3.05) is 29.5 Å². The van der Waals surface area contributed by atoms with Gasteiger partial charge in [-0.25, -0.2) is 28.5 Å². The highest BCUT2D eigenvalue weighted by atomic mass is 19.4. The van der Waals surface area contributed by atoms with Crippen molar-refractivity contribution in [3.8, 4) is 11.1 Å². The van der Waals surface area contributed by atoms with Crippen molar-refractivity contribution < 1.29 is 32.3 Å². The Labute approximate surface area is 217 Å². The number of nitrogens with zero attached hydrogens (tertiary/aromatic N) is 5. The maximum absolute atomic E-state index is 15.1. The van der Waals surface area contributed by atoms with Gasteiger partial charge in [-0.3, -0.25) is 5.32 Å². The highest BCUT2D eigenvalue weighted by Gasteiger charge is 2.32. The van der Waals surface area contributed by atoms with E-state index >= 15 is 4.39 Å². The molecule has 3 aromatic heterocycles. The van der Waals surface area contributed by atoms with Crippen LogP contribution in [0.25, 0.3) is 16.6 Å². The standard InChI is InChI=1S/C24H20F4N8O3/c25-16-7-12(1-2-17(16)33-22(37)34-19-8-14(3-5-30-19)24(26,27)28)15-9-18(13-4-6-35(10-13)23(38)39)36-20(15)21(29)31-11-32-36/h1-3,5,7-9,11,13H,4,6,10H2,(H,38,39)(H2,29,31,32)(H2,30,33,34,37). The Balaban J connectivity index is 1.40. The van der Waals surface area contributed by atoms with E-state index in [9.17, 15) is 27.9 Å². The average Bonchev–Trinajstić information content (AvgIpc) is 3.51. The molecule has 1 fully saturated rings. The number of rotatable bonds is 4. The third-order valence-electron chi connectivity index (χ3n) is 6.34. The second-order valence-electron chi connectivity index (χ2n) is 8.80. The van der Waals surface area contributed by atoms with E-state index in [1.807, 2.05) is 0 Å². The van der Waals surface area contributed by atoms with Crippen LogP contribution in [0.4, 0.5) is 44.5 Å². The minimum Gasteiger partial charge on any atom is -0.465 e. The number of halogens is 4. The topological polar surface area (TPSA) is 151 Å². The van der Waals surface area contributed by atoms with Crippen LogP contribution in [-0.2, 0) is 6.18 Å². The number of amides is 3. The molecule has 3 amide bonds. The van der Waals surface area contributed by atoms with Crippen LogP contribution in [0.15, 0.2) is 48.9 Å². The number of likely N-dealkylation sites (tertiary alicyclic amines) is 1. The van der Waals surface area contributed by atoms with E-state index in [4.69, 9.17) is 5.73 Å². The van der Waals surface area contributed by atoms with Crippen LogP contribution in [0.2, 0.25) is 0 Å². The summed E-state index contributed by atoms with van der Waals surface area (Å²) in [6, 6.07) is 6.13. The van der Waals surface area contributed by atoms with Gasteiger partial charge >= 0.3 is 18.3 Å². The van der Waals surface area contributed by atoms with Crippen LogP contribution in [0.1, 0.15) is 23.6 Å². The number of benzene rings is 1. The molecule has 202 valence electrons. The van der Waals surface area contributed by atoms with Gasteiger partial charge in [0.1, 0.15) is 23.5 Å². The molecule has 0 spiro atoms. The number of urea groups is 1. The molecule has 1 aliphatic rings. The third-order valence-corrected chi connectivity index (χ3v) is 6.34. The van der Waals surface area contributed by atoms with E-state index in [1.165, 1.54) is 23.4 Å². The Morgan fingerprint density at radius 3 is 2.59 bits per heavy atom. The summed E-state index contributed by atoms with van der Waals surface area (Å²) in [5, 5.41) is 18.0. The number of carbonyl (C=O) groups excluding carboxylic acids is 1. The molecule has 1 aliphatic heterocycles. The Kier molecular flexibility index (Phi) is 6.41. The van der Waals surface area contributed by atoms with Crippen molar-refractivity contribution in [2.45, 2.75) is 18.5 Å². The van der Waals surface area contributed by atoms with Gasteiger partial charge in [-0.15, -0.1) is 0 Å². The highest BCUT2D eigenvalue weighted by molar-refractivity contribution is 5.99. The van der Waals surface area contributed by atoms with Gasteiger partial charge in [0.2, 0.25) is 0 Å². The molecular formula is C24H20F4N8O3. The van der Waals surface area contributed by atoms with Crippen LogP contribution in [0.3, 0.4) is 0 Å². The number of fused-ring (bicyclic) bond motifs is 1. The van der Waals surface area contributed by atoms with Crippen LogP contribution in [0.5, 0.6) is 0 Å². The Morgan fingerprint density at radius 1 is 1.10 bits per heavy atom. The van der Waals surface area contributed by atoms with Crippen molar-refractivity contribution in [3.63, 3.8) is 0 Å². The molecule has 11 nitrogen and oxygen atoms in total. The molecular weight excluding hydrogens is 524 g/mol. The van der Waals surface area contributed by atoms with Gasteiger partial charge in [0.15, 0.2) is 5.82 Å². The largest absolute Gasteiger partial charge is 0.465 e. The number of aromatic nitrogens is 4. The van der Waals surface area contributed by atoms with Crippen LogP contribution in [-0.4, -0.2) is 54.8 Å². The van der Waals surface area contributed by atoms with Gasteiger partial charge in [-0.2, -0.15) is 18.3 Å². The summed E-state index contributed by atoms with van der Waals surface area (Å²) in [5.74, 6) is -1.23. The SMILES string of the molecule is Nc1ncnn2c(C3CCN(C(=O)O)C3)cc(-c3ccc(NC(=O)Nc4cc(C(F)(F)F)ccn4)c(F)c3)c12. The first kappa shape index (κ1) is 25.7. The fraction of sp³-hybridized carbons (Fsp3) is 0.208. The van der Waals surface area contributed by atoms with E-state index in [0.29, 0.717) is 41.4 Å². The maximum Gasteiger partial charge on any atom is 0.416 e. The van der Waals surface area contributed by atoms with Gasteiger partial charge in [0.05, 0.1) is 11.3 Å². The summed E-state index contributed by atoms with van der Waals surface area (Å²) >= 11 is 0. The summed E-state index contributed by atoms with van der Waals surface area (Å²) in [6.07, 6.45) is -2.92. The van der Waals surface area contributed by atoms with E-state index in [0.717, 1.165) is 18.3 Å². The van der Waals surface area contributed by atoms with Gasteiger partial charge in [0, 0.05) is 36.5 Å². The van der Waals surface area contributed by atoms with Crippen molar-refractivity contribution >= 4 is 35.0 Å². The number of carboxylic acid groups (broad SMARTS) is 1. The zero-order chi connectivity index (χ0) is 27.9. The number of hydrogen-bond acceptors (Lipinski definition) is 6. The van der Waals surface area contributed by atoms with Gasteiger partial charge in [0.25, 0.3) is 0 Å². The lowest BCUT2D eigenvalue weighted by Gasteiger charge is -2.12. The monoisotopic (exact) mass is 544 g/mol. The van der Waals surface area contributed by atoms with Gasteiger partial charge in [-0.1, -0.05) is 6.07 Å². The molecule has 1 saturated heterocycles. The number of anilines is 3. The fourth-order valence-corrected chi connectivity index (χ4v) is 4.51. The highest BCUT2D eigenvalue weighted by Crippen LogP contribution is 2.37. The van der Waals surface area contributed by atoms with Crippen molar-refractivity contribution in [3.05, 3.63) is 66.0 Å². The predicted molar refractivity (Wildman–Crippen MR) is 132 cm³/mol. The van der Waals surface area contributed by atoms with Crippen LogP contribution < -0.4 is 16.4 Å². The number of carbonyl (C=O) groups is 2. The number of pyridine rings is 1. The number of alkyl halides is 3. The lowest BCUT2D eigenvalue weighted by Crippen LogP contribution is -2.26. The average molecular weight is 544 g/mol. The lowest BCUT2D eigenvalue weighted by molar-refractivity contribution is -0.137. The molecule has 0 saturated carbocycles. The molecule has 0 bridgehead atoms. The molecule has 4 heterocycles. The van der Waals surface area contributed by atoms with E-state index in [-0.39, 0.29) is 29.8 Å². The predicted octanol–water partition coefficient (Wildman–Crippen LogP) is 4.64. The summed E-state index contributed by atoms with van der Waals surface area (Å²) in [5.41, 5.74) is 6.87. The van der Waals surface area contributed by atoms with E-state index in [1.54, 1.807) is 10.6 Å². The molecule has 4 aromatic rings. The Morgan fingerprint density at radius 2 is 1.90 bits per heavy atom. The van der Waals surface area contributed by atoms with Crippen molar-refractivity contribution in [1.82, 2.24) is 24.5 Å².